The van der Waals surface area contributed by atoms with Crippen molar-refractivity contribution in [3.63, 3.8) is 0 Å². The molecule has 0 aromatic carbocycles. The molecule has 2 heterocycles. The van der Waals surface area contributed by atoms with Crippen LogP contribution < -0.4 is 5.32 Å². The second-order valence-corrected chi connectivity index (χ2v) is 7.07. The molecular formula is C19H26N6O2S. The van der Waals surface area contributed by atoms with Gasteiger partial charge in [0.15, 0.2) is 4.77 Å². The third kappa shape index (κ3) is 4.77. The molecule has 28 heavy (non-hydrogen) atoms. The van der Waals surface area contributed by atoms with Crippen LogP contribution in [0.2, 0.25) is 0 Å². The third-order valence-electron chi connectivity index (χ3n) is 4.64. The predicted octanol–water partition coefficient (Wildman–Crippen LogP) is 2.37. The molecule has 0 saturated carbocycles. The number of H-pyrrole nitrogens is 1. The Kier molecular flexibility index (Phi) is 7.31. The van der Waals surface area contributed by atoms with Crippen LogP contribution >= 0.6 is 12.2 Å². The number of nitrogens with zero attached hydrogens (tertiary/aromatic N) is 4. The Hall–Kier alpha value is -2.70. The smallest absolute Gasteiger partial charge is 0.261 e. The van der Waals surface area contributed by atoms with Gasteiger partial charge in [-0.15, -0.1) is 0 Å². The molecule has 2 aromatic rings. The lowest BCUT2D eigenvalue weighted by atomic mass is 10.1. The molecule has 0 radical (unpaired) electrons. The van der Waals surface area contributed by atoms with Crippen LogP contribution in [0.5, 0.6) is 0 Å². The number of aryl methyl sites for hydroxylation is 1. The summed E-state index contributed by atoms with van der Waals surface area (Å²) in [5, 5.41) is 19.0. The third-order valence-corrected chi connectivity index (χ3v) is 5.01. The number of hydrogen-bond acceptors (Lipinski definition) is 5. The summed E-state index contributed by atoms with van der Waals surface area (Å²) in [4.78, 5) is 12.4. The summed E-state index contributed by atoms with van der Waals surface area (Å²) in [6, 6.07) is 4.13. The van der Waals surface area contributed by atoms with Crippen molar-refractivity contribution in [3.8, 4) is 6.07 Å². The van der Waals surface area contributed by atoms with Crippen LogP contribution in [0.4, 0.5) is 0 Å². The maximum Gasteiger partial charge on any atom is 0.261 e. The van der Waals surface area contributed by atoms with Crippen molar-refractivity contribution >= 4 is 24.2 Å². The van der Waals surface area contributed by atoms with Gasteiger partial charge in [0.25, 0.3) is 5.91 Å². The van der Waals surface area contributed by atoms with Gasteiger partial charge in [0.2, 0.25) is 0 Å². The molecule has 0 spiro atoms. The number of nitrogens with one attached hydrogen (secondary N) is 2. The second kappa shape index (κ2) is 9.48. The monoisotopic (exact) mass is 402 g/mol. The first-order valence-electron chi connectivity index (χ1n) is 8.97. The molecule has 0 aliphatic carbocycles. The van der Waals surface area contributed by atoms with Crippen LogP contribution in [0, 0.1) is 29.9 Å². The maximum atomic E-state index is 12.4. The molecule has 9 heteroatoms. The lowest BCUT2D eigenvalue weighted by Gasteiger charge is -2.17. The molecule has 0 aliphatic heterocycles. The summed E-state index contributed by atoms with van der Waals surface area (Å²) >= 11 is 5.06. The molecule has 0 saturated heterocycles. The Morgan fingerprint density at radius 1 is 1.54 bits per heavy atom. The van der Waals surface area contributed by atoms with Crippen LogP contribution in [0.25, 0.3) is 6.08 Å². The number of carbonyl (C=O) groups is 1. The fraction of sp³-hybridized carbons (Fsp3) is 0.474. The van der Waals surface area contributed by atoms with Crippen molar-refractivity contribution < 1.29 is 9.53 Å². The number of aromatic nitrogens is 4. The number of hydrogen-bond donors (Lipinski definition) is 2. The molecular weight excluding hydrogens is 376 g/mol. The summed E-state index contributed by atoms with van der Waals surface area (Å²) in [6.07, 6.45) is 2.14. The Bertz CT molecular complexity index is 976. The number of amides is 1. The van der Waals surface area contributed by atoms with Crippen LogP contribution in [0.1, 0.15) is 35.7 Å². The minimum atomic E-state index is -0.408. The topological polar surface area (TPSA) is 101 Å². The van der Waals surface area contributed by atoms with E-state index in [1.165, 1.54) is 0 Å². The Balaban J connectivity index is 2.11. The molecule has 2 aromatic heterocycles. The van der Waals surface area contributed by atoms with Crippen molar-refractivity contribution in [3.05, 3.63) is 39.2 Å². The molecule has 2 rings (SSSR count). The SMILES string of the molecule is COCC(C)n1c(C)cc(/C=C(\C#N)C(=O)NCCc2n[nH]c(=S)n2C)c1C. The minimum Gasteiger partial charge on any atom is -0.383 e. The van der Waals surface area contributed by atoms with Gasteiger partial charge in [-0.2, -0.15) is 10.4 Å². The van der Waals surface area contributed by atoms with E-state index in [-0.39, 0.29) is 11.6 Å². The molecule has 1 amide bonds. The van der Waals surface area contributed by atoms with Crippen molar-refractivity contribution in [2.75, 3.05) is 20.3 Å². The standard InChI is InChI=1S/C19H26N6O2S/c1-12-8-15(14(3)25(12)13(2)11-27-5)9-16(10-20)18(26)21-7-6-17-22-23-19(28)24(17)4/h8-9,13H,6-7,11H2,1-5H3,(H,21,26)(H,23,28)/b16-9+. The average Bonchev–Trinajstić information content (AvgIpc) is 3.12. The number of carbonyl (C=O) groups excluding carboxylic acids is 1. The van der Waals surface area contributed by atoms with Gasteiger partial charge >= 0.3 is 0 Å². The van der Waals surface area contributed by atoms with E-state index in [0.29, 0.717) is 24.3 Å². The first kappa shape index (κ1) is 21.6. The zero-order chi connectivity index (χ0) is 20.8. The van der Waals surface area contributed by atoms with E-state index in [4.69, 9.17) is 17.0 Å². The summed E-state index contributed by atoms with van der Waals surface area (Å²) in [5.41, 5.74) is 2.96. The van der Waals surface area contributed by atoms with Gasteiger partial charge in [-0.1, -0.05) is 0 Å². The normalized spacial score (nSPS) is 12.6. The molecule has 1 unspecified atom stereocenters. The lowest BCUT2D eigenvalue weighted by Crippen LogP contribution is -2.27. The van der Waals surface area contributed by atoms with Gasteiger partial charge in [-0.05, 0) is 50.7 Å². The fourth-order valence-electron chi connectivity index (χ4n) is 3.23. The van der Waals surface area contributed by atoms with Gasteiger partial charge in [-0.25, -0.2) is 0 Å². The second-order valence-electron chi connectivity index (χ2n) is 6.68. The molecule has 2 N–H and O–H groups in total. The molecule has 8 nitrogen and oxygen atoms in total. The summed E-state index contributed by atoms with van der Waals surface area (Å²) in [5.74, 6) is 0.331. The molecule has 0 bridgehead atoms. The average molecular weight is 403 g/mol. The largest absolute Gasteiger partial charge is 0.383 e. The zero-order valence-corrected chi connectivity index (χ0v) is 17.7. The van der Waals surface area contributed by atoms with Crippen molar-refractivity contribution in [2.45, 2.75) is 33.2 Å². The number of aromatic amines is 1. The highest BCUT2D eigenvalue weighted by atomic mass is 32.1. The number of nitriles is 1. The van der Waals surface area contributed by atoms with E-state index in [2.05, 4.69) is 27.0 Å². The summed E-state index contributed by atoms with van der Waals surface area (Å²) in [6.45, 7) is 6.98. The number of rotatable bonds is 8. The van der Waals surface area contributed by atoms with Crippen LogP contribution in [0.3, 0.4) is 0 Å². The van der Waals surface area contributed by atoms with E-state index in [1.807, 2.05) is 33.0 Å². The zero-order valence-electron chi connectivity index (χ0n) is 16.9. The maximum absolute atomic E-state index is 12.4. The van der Waals surface area contributed by atoms with Crippen molar-refractivity contribution in [1.82, 2.24) is 24.6 Å². The number of methoxy groups -OCH3 is 1. The van der Waals surface area contributed by atoms with Crippen LogP contribution in [0.15, 0.2) is 11.6 Å². The van der Waals surface area contributed by atoms with E-state index < -0.39 is 5.91 Å². The molecule has 1 atom stereocenters. The Morgan fingerprint density at radius 3 is 2.82 bits per heavy atom. The minimum absolute atomic E-state index is 0.0648. The van der Waals surface area contributed by atoms with Gasteiger partial charge in [0.1, 0.15) is 17.5 Å². The fourth-order valence-corrected chi connectivity index (χ4v) is 3.38. The van der Waals surface area contributed by atoms with Crippen LogP contribution in [-0.4, -0.2) is 45.5 Å². The Labute approximate surface area is 169 Å². The highest BCUT2D eigenvalue weighted by Crippen LogP contribution is 2.22. The summed E-state index contributed by atoms with van der Waals surface area (Å²) < 4.78 is 9.66. The van der Waals surface area contributed by atoms with Crippen molar-refractivity contribution in [2.24, 2.45) is 7.05 Å². The van der Waals surface area contributed by atoms with Crippen LogP contribution in [-0.2, 0) is 23.0 Å². The first-order valence-corrected chi connectivity index (χ1v) is 9.38. The predicted molar refractivity (Wildman–Crippen MR) is 109 cm³/mol. The molecule has 0 fully saturated rings. The van der Waals surface area contributed by atoms with E-state index in [9.17, 15) is 10.1 Å². The number of ether oxygens (including phenoxy) is 1. The lowest BCUT2D eigenvalue weighted by molar-refractivity contribution is -0.117. The van der Waals surface area contributed by atoms with Gasteiger partial charge in [0, 0.05) is 38.5 Å². The van der Waals surface area contributed by atoms with E-state index >= 15 is 0 Å². The highest BCUT2D eigenvalue weighted by molar-refractivity contribution is 7.71. The van der Waals surface area contributed by atoms with Gasteiger partial charge < -0.3 is 19.2 Å². The van der Waals surface area contributed by atoms with Gasteiger partial charge in [0.05, 0.1) is 12.6 Å². The Morgan fingerprint density at radius 2 is 2.25 bits per heavy atom. The first-order chi connectivity index (χ1) is 13.3. The summed E-state index contributed by atoms with van der Waals surface area (Å²) in [7, 11) is 3.48. The van der Waals surface area contributed by atoms with E-state index in [1.54, 1.807) is 17.8 Å². The molecule has 0 aliphatic rings. The van der Waals surface area contributed by atoms with Gasteiger partial charge in [-0.3, -0.25) is 9.89 Å². The quantitative estimate of drug-likeness (QED) is 0.401. The van der Waals surface area contributed by atoms with Crippen molar-refractivity contribution in [1.29, 1.82) is 5.26 Å². The highest BCUT2D eigenvalue weighted by Gasteiger charge is 2.16. The van der Waals surface area contributed by atoms with E-state index in [0.717, 1.165) is 22.8 Å². The molecule has 150 valence electrons.